The topological polar surface area (TPSA) is 80.9 Å². The van der Waals surface area contributed by atoms with Crippen LogP contribution >= 0.6 is 11.6 Å². The fraction of sp³-hybridized carbons (Fsp3) is 0. The van der Waals surface area contributed by atoms with Gasteiger partial charge in [0.25, 0.3) is 5.56 Å². The molecule has 3 N–H and O–H groups in total. The number of H-pyrrole nitrogens is 1. The lowest BCUT2D eigenvalue weighted by molar-refractivity contribution is 0.834. The van der Waals surface area contributed by atoms with E-state index in [-0.39, 0.29) is 5.15 Å². The summed E-state index contributed by atoms with van der Waals surface area (Å²) in [4.78, 5) is 23.3. The van der Waals surface area contributed by atoms with Gasteiger partial charge in [-0.25, -0.2) is 4.79 Å². The van der Waals surface area contributed by atoms with Gasteiger partial charge in [-0.05, 0) is 0 Å². The minimum absolute atomic E-state index is 0.0169. The van der Waals surface area contributed by atoms with E-state index in [2.05, 4.69) is 4.98 Å². The Hall–Kier alpha value is -1.23. The van der Waals surface area contributed by atoms with Crippen molar-refractivity contribution in [2.45, 2.75) is 0 Å². The number of rotatable bonds is 0. The number of hydrogen-bond acceptors (Lipinski definition) is 3. The number of aromatic amines is 1. The van der Waals surface area contributed by atoms with Crippen LogP contribution in [0, 0.1) is 0 Å². The van der Waals surface area contributed by atoms with Gasteiger partial charge >= 0.3 is 5.69 Å². The summed E-state index contributed by atoms with van der Waals surface area (Å²) in [5.41, 5.74) is -1.36. The number of nitrogens with zero attached hydrogens (tertiary/aromatic N) is 1. The highest BCUT2D eigenvalue weighted by Gasteiger charge is 1.96. The number of nitrogen functional groups attached to an aromatic ring is 1. The van der Waals surface area contributed by atoms with Crippen molar-refractivity contribution in [2.24, 2.45) is 0 Å². The molecule has 0 aliphatic carbocycles. The summed E-state index contributed by atoms with van der Waals surface area (Å²) >= 11 is 5.30. The van der Waals surface area contributed by atoms with Crippen LogP contribution in [-0.2, 0) is 0 Å². The molecular formula is C4H4ClN3O2. The SMILES string of the molecule is Nn1c(=O)cc(Cl)[nH]c1=O. The van der Waals surface area contributed by atoms with E-state index in [1.165, 1.54) is 0 Å². The smallest absolute Gasteiger partial charge is 0.332 e. The van der Waals surface area contributed by atoms with E-state index in [4.69, 9.17) is 17.4 Å². The van der Waals surface area contributed by atoms with Crippen LogP contribution < -0.4 is 17.1 Å². The molecule has 1 aromatic rings. The summed E-state index contributed by atoms with van der Waals surface area (Å²) in [6.07, 6.45) is 0. The van der Waals surface area contributed by atoms with Crippen LogP contribution in [0.2, 0.25) is 5.15 Å². The second kappa shape index (κ2) is 2.18. The molecule has 0 bridgehead atoms. The largest absolute Gasteiger partial charge is 0.348 e. The molecule has 1 heterocycles. The van der Waals surface area contributed by atoms with E-state index in [0.717, 1.165) is 6.07 Å². The van der Waals surface area contributed by atoms with Gasteiger partial charge in [0, 0.05) is 6.07 Å². The monoisotopic (exact) mass is 161 g/mol. The van der Waals surface area contributed by atoms with Crippen molar-refractivity contribution in [1.29, 1.82) is 0 Å². The quantitative estimate of drug-likeness (QED) is 0.375. The second-order valence-electron chi connectivity index (χ2n) is 1.63. The summed E-state index contributed by atoms with van der Waals surface area (Å²) in [7, 11) is 0. The summed E-state index contributed by atoms with van der Waals surface area (Å²) in [5, 5.41) is -0.0169. The van der Waals surface area contributed by atoms with Crippen LogP contribution in [0.1, 0.15) is 0 Å². The van der Waals surface area contributed by atoms with Gasteiger partial charge in [-0.3, -0.25) is 9.78 Å². The third kappa shape index (κ3) is 1.03. The molecule has 0 aromatic carbocycles. The molecule has 0 spiro atoms. The van der Waals surface area contributed by atoms with Gasteiger partial charge in [0.05, 0.1) is 0 Å². The van der Waals surface area contributed by atoms with E-state index in [1.807, 2.05) is 0 Å². The van der Waals surface area contributed by atoms with Crippen molar-refractivity contribution in [3.63, 3.8) is 0 Å². The molecule has 0 atom stereocenters. The first-order chi connectivity index (χ1) is 4.61. The predicted molar refractivity (Wildman–Crippen MR) is 36.5 cm³/mol. The lowest BCUT2D eigenvalue weighted by Gasteiger charge is -1.92. The number of halogens is 1. The molecule has 1 aromatic heterocycles. The molecule has 0 radical (unpaired) electrons. The highest BCUT2D eigenvalue weighted by atomic mass is 35.5. The Morgan fingerprint density at radius 1 is 1.60 bits per heavy atom. The molecule has 0 aliphatic heterocycles. The van der Waals surface area contributed by atoms with Crippen LogP contribution in [0.4, 0.5) is 0 Å². The average Bonchev–Trinajstić information content (AvgIpc) is 1.82. The molecule has 10 heavy (non-hydrogen) atoms. The van der Waals surface area contributed by atoms with Crippen molar-refractivity contribution in [3.8, 4) is 0 Å². The minimum Gasteiger partial charge on any atom is -0.332 e. The maximum Gasteiger partial charge on any atom is 0.348 e. The van der Waals surface area contributed by atoms with Crippen molar-refractivity contribution in [3.05, 3.63) is 32.1 Å². The van der Waals surface area contributed by atoms with Gasteiger partial charge in [0.15, 0.2) is 0 Å². The van der Waals surface area contributed by atoms with Gasteiger partial charge in [0.2, 0.25) is 0 Å². The molecule has 0 aliphatic rings. The van der Waals surface area contributed by atoms with Crippen molar-refractivity contribution in [2.75, 3.05) is 5.84 Å². The molecule has 0 saturated heterocycles. The molecular weight excluding hydrogens is 158 g/mol. The van der Waals surface area contributed by atoms with Crippen molar-refractivity contribution in [1.82, 2.24) is 9.66 Å². The summed E-state index contributed by atoms with van der Waals surface area (Å²) in [6, 6.07) is 1.02. The van der Waals surface area contributed by atoms with Gasteiger partial charge in [0.1, 0.15) is 5.15 Å². The van der Waals surface area contributed by atoms with E-state index in [1.54, 1.807) is 0 Å². The van der Waals surface area contributed by atoms with E-state index < -0.39 is 11.2 Å². The zero-order valence-corrected chi connectivity index (χ0v) is 5.55. The predicted octanol–water partition coefficient (Wildman–Crippen LogP) is -1.10. The Kier molecular flexibility index (Phi) is 1.50. The standard InChI is InChI=1S/C4H4ClN3O2/c5-2-1-3(9)8(6)4(10)7-2/h1H,6H2,(H,7,10). The first-order valence-corrected chi connectivity index (χ1v) is 2.76. The highest BCUT2D eigenvalue weighted by molar-refractivity contribution is 6.29. The molecule has 0 amide bonds. The lowest BCUT2D eigenvalue weighted by Crippen LogP contribution is -2.40. The van der Waals surface area contributed by atoms with Gasteiger partial charge < -0.3 is 5.84 Å². The Labute approximate surface area is 60.0 Å². The highest BCUT2D eigenvalue weighted by Crippen LogP contribution is 1.91. The molecule has 1 rings (SSSR count). The van der Waals surface area contributed by atoms with Gasteiger partial charge in [-0.2, -0.15) is 4.68 Å². The first-order valence-electron chi connectivity index (χ1n) is 2.38. The fourth-order valence-electron chi connectivity index (χ4n) is 0.476. The van der Waals surface area contributed by atoms with E-state index >= 15 is 0 Å². The van der Waals surface area contributed by atoms with Crippen LogP contribution in [0.5, 0.6) is 0 Å². The Morgan fingerprint density at radius 2 is 2.20 bits per heavy atom. The number of hydrogen-bond donors (Lipinski definition) is 2. The first kappa shape index (κ1) is 6.88. The number of aromatic nitrogens is 2. The number of nitrogens with one attached hydrogen (secondary N) is 1. The fourth-order valence-corrected chi connectivity index (χ4v) is 0.651. The summed E-state index contributed by atoms with van der Waals surface area (Å²) in [6.45, 7) is 0. The summed E-state index contributed by atoms with van der Waals surface area (Å²) < 4.78 is 0.436. The second-order valence-corrected chi connectivity index (χ2v) is 2.04. The van der Waals surface area contributed by atoms with Crippen LogP contribution in [0.15, 0.2) is 15.7 Å². The minimum atomic E-state index is -0.725. The van der Waals surface area contributed by atoms with Gasteiger partial charge in [-0.1, -0.05) is 11.6 Å². The molecule has 5 nitrogen and oxygen atoms in total. The number of nitrogens with two attached hydrogens (primary N) is 1. The third-order valence-electron chi connectivity index (χ3n) is 0.933. The zero-order chi connectivity index (χ0) is 7.72. The Bertz CT molecular complexity index is 321. The van der Waals surface area contributed by atoms with Crippen LogP contribution in [-0.4, -0.2) is 9.66 Å². The zero-order valence-electron chi connectivity index (χ0n) is 4.80. The third-order valence-corrected chi connectivity index (χ3v) is 1.14. The molecule has 0 fully saturated rings. The van der Waals surface area contributed by atoms with Crippen LogP contribution in [0.3, 0.4) is 0 Å². The molecule has 0 saturated carbocycles. The normalized spacial score (nSPS) is 9.70. The van der Waals surface area contributed by atoms with E-state index in [9.17, 15) is 9.59 Å². The summed E-state index contributed by atoms with van der Waals surface area (Å²) in [5.74, 6) is 4.95. The molecule has 54 valence electrons. The van der Waals surface area contributed by atoms with Gasteiger partial charge in [-0.15, -0.1) is 0 Å². The van der Waals surface area contributed by atoms with Crippen molar-refractivity contribution < 1.29 is 0 Å². The Balaban J connectivity index is 3.62. The molecule has 0 unspecified atom stereocenters. The lowest BCUT2D eigenvalue weighted by atomic mass is 10.7. The Morgan fingerprint density at radius 3 is 2.70 bits per heavy atom. The maximum absolute atomic E-state index is 10.6. The van der Waals surface area contributed by atoms with Crippen LogP contribution in [0.25, 0.3) is 0 Å². The average molecular weight is 162 g/mol. The maximum atomic E-state index is 10.6. The van der Waals surface area contributed by atoms with Crippen molar-refractivity contribution >= 4 is 11.6 Å². The van der Waals surface area contributed by atoms with E-state index in [0.29, 0.717) is 4.68 Å². The molecule has 6 heteroatoms.